The molecule has 0 spiro atoms. The third-order valence-electron chi connectivity index (χ3n) is 4.32. The fraction of sp³-hybridized carbons (Fsp3) is 0.571. The van der Waals surface area contributed by atoms with Crippen LogP contribution in [-0.4, -0.2) is 55.3 Å². The molecule has 2 rings (SSSR count). The predicted octanol–water partition coefficient (Wildman–Crippen LogP) is 3.15. The molecule has 1 aliphatic carbocycles. The molecule has 33 heavy (non-hydrogen) atoms. The summed E-state index contributed by atoms with van der Waals surface area (Å²) >= 11 is 0. The van der Waals surface area contributed by atoms with Crippen molar-refractivity contribution in [2.24, 2.45) is 5.92 Å². The maximum absolute atomic E-state index is 12.4. The number of rotatable bonds is 10. The van der Waals surface area contributed by atoms with E-state index < -0.39 is 45.3 Å². The average Bonchev–Trinajstić information content (AvgIpc) is 3.49. The Morgan fingerprint density at radius 1 is 1.09 bits per heavy atom. The van der Waals surface area contributed by atoms with Crippen LogP contribution in [0.2, 0.25) is 0 Å². The second-order valence-electron chi connectivity index (χ2n) is 9.03. The number of hydrogen-bond acceptors (Lipinski definition) is 10. The molecule has 0 unspecified atom stereocenters. The number of carbonyl (C=O) groups excluding carboxylic acids is 2. The Kier molecular flexibility index (Phi) is 7.96. The van der Waals surface area contributed by atoms with Gasteiger partial charge in [0.15, 0.2) is 0 Å². The molecular formula is C21H29NO10S. The topological polar surface area (TPSA) is 155 Å². The summed E-state index contributed by atoms with van der Waals surface area (Å²) in [7, 11) is -4.64. The lowest BCUT2D eigenvalue weighted by Crippen LogP contribution is -2.37. The monoisotopic (exact) mass is 487 g/mol. The summed E-state index contributed by atoms with van der Waals surface area (Å²) in [5, 5.41) is 10.3. The quantitative estimate of drug-likeness (QED) is 0.284. The second-order valence-corrected chi connectivity index (χ2v) is 10.5. The van der Waals surface area contributed by atoms with Crippen LogP contribution in [0, 0.1) is 5.92 Å². The highest BCUT2D eigenvalue weighted by molar-refractivity contribution is 8.01. The van der Waals surface area contributed by atoms with Crippen LogP contribution >= 0.6 is 0 Å². The van der Waals surface area contributed by atoms with Crippen molar-refractivity contribution in [1.82, 2.24) is 0 Å². The van der Waals surface area contributed by atoms with E-state index in [1.54, 1.807) is 0 Å². The van der Waals surface area contributed by atoms with Crippen molar-refractivity contribution in [2.45, 2.75) is 58.7 Å². The molecule has 184 valence electrons. The van der Waals surface area contributed by atoms with E-state index in [1.165, 1.54) is 52.8 Å². The third kappa shape index (κ3) is 8.21. The Balaban J connectivity index is 2.11. The Hall–Kier alpha value is -2.86. The van der Waals surface area contributed by atoms with Crippen LogP contribution in [0.15, 0.2) is 18.2 Å². The Morgan fingerprint density at radius 2 is 1.73 bits per heavy atom. The summed E-state index contributed by atoms with van der Waals surface area (Å²) in [5.74, 6) is -1.58. The van der Waals surface area contributed by atoms with Gasteiger partial charge in [-0.3, -0.25) is 0 Å². The van der Waals surface area contributed by atoms with E-state index in [2.05, 4.69) is 9.50 Å². The van der Waals surface area contributed by atoms with Crippen LogP contribution < -0.4 is 10.1 Å². The number of carboxylic acids is 1. The van der Waals surface area contributed by atoms with E-state index in [4.69, 9.17) is 19.3 Å². The largest absolute Gasteiger partial charge is 0.491 e. The van der Waals surface area contributed by atoms with Crippen molar-refractivity contribution in [3.05, 3.63) is 23.8 Å². The molecule has 12 heteroatoms. The highest BCUT2D eigenvalue weighted by atomic mass is 32.2. The summed E-state index contributed by atoms with van der Waals surface area (Å²) in [6.07, 6.45) is 2.02. The van der Waals surface area contributed by atoms with Gasteiger partial charge in [-0.2, -0.15) is 8.42 Å². The van der Waals surface area contributed by atoms with Crippen molar-refractivity contribution in [1.29, 1.82) is 0 Å². The zero-order chi connectivity index (χ0) is 25.0. The molecule has 0 bridgehead atoms. The van der Waals surface area contributed by atoms with Crippen molar-refractivity contribution in [3.8, 4) is 5.75 Å². The fourth-order valence-electron chi connectivity index (χ4n) is 2.28. The summed E-state index contributed by atoms with van der Waals surface area (Å²) in [5.41, 5.74) is -2.40. The first-order valence-electron chi connectivity index (χ1n) is 10.2. The normalized spacial score (nSPS) is 14.3. The lowest BCUT2D eigenvalue weighted by Gasteiger charge is -2.21. The highest BCUT2D eigenvalue weighted by Gasteiger charge is 2.33. The molecule has 0 aliphatic heterocycles. The van der Waals surface area contributed by atoms with Crippen molar-refractivity contribution < 1.29 is 46.3 Å². The van der Waals surface area contributed by atoms with Crippen molar-refractivity contribution >= 4 is 33.0 Å². The number of hydrogen-bond donors (Lipinski definition) is 2. The number of carbonyl (C=O) groups is 3. The maximum atomic E-state index is 12.4. The Morgan fingerprint density at radius 3 is 2.27 bits per heavy atom. The first-order chi connectivity index (χ1) is 15.1. The lowest BCUT2D eigenvalue weighted by molar-refractivity contribution is -0.155. The summed E-state index contributed by atoms with van der Waals surface area (Å²) in [6, 6.07) is 4.14. The highest BCUT2D eigenvalue weighted by Crippen LogP contribution is 2.33. The number of carboxylic acid groups (broad SMARTS) is 1. The summed E-state index contributed by atoms with van der Waals surface area (Å²) in [6.45, 7) is 6.83. The van der Waals surface area contributed by atoms with E-state index >= 15 is 0 Å². The van der Waals surface area contributed by atoms with Gasteiger partial charge in [0.25, 0.3) is 0 Å². The molecule has 0 radical (unpaired) electrons. The number of ether oxygens (including phenoxy) is 3. The van der Waals surface area contributed by atoms with Gasteiger partial charge in [-0.15, -0.1) is 0 Å². The van der Waals surface area contributed by atoms with Crippen LogP contribution in [0.4, 0.5) is 10.5 Å². The summed E-state index contributed by atoms with van der Waals surface area (Å²) in [4.78, 5) is 35.4. The predicted molar refractivity (Wildman–Crippen MR) is 117 cm³/mol. The molecule has 1 aromatic rings. The van der Waals surface area contributed by atoms with E-state index in [0.29, 0.717) is 18.2 Å². The first kappa shape index (κ1) is 26.4. The maximum Gasteiger partial charge on any atom is 0.452 e. The van der Waals surface area contributed by atoms with Gasteiger partial charge in [0.2, 0.25) is 5.60 Å². The number of anilines is 1. The van der Waals surface area contributed by atoms with Gasteiger partial charge in [0.1, 0.15) is 18.1 Å². The van der Waals surface area contributed by atoms with Gasteiger partial charge in [-0.25, -0.2) is 18.6 Å². The van der Waals surface area contributed by atoms with Crippen LogP contribution in [0.1, 0.15) is 57.8 Å². The molecule has 1 fully saturated rings. The molecule has 0 aromatic heterocycles. The molecule has 1 saturated carbocycles. The minimum Gasteiger partial charge on any atom is -0.491 e. The minimum atomic E-state index is -4.64. The number of aliphatic carboxylic acids is 1. The zero-order valence-corrected chi connectivity index (χ0v) is 20.0. The third-order valence-corrected chi connectivity index (χ3v) is 5.24. The molecule has 11 nitrogen and oxygen atoms in total. The van der Waals surface area contributed by atoms with Crippen molar-refractivity contribution in [2.75, 3.05) is 18.7 Å². The number of esters is 1. The van der Waals surface area contributed by atoms with Gasteiger partial charge in [0.05, 0.1) is 17.9 Å². The second kappa shape index (κ2) is 9.96. The smallest absolute Gasteiger partial charge is 0.452 e. The Bertz CT molecular complexity index is 1010. The molecule has 0 heterocycles. The molecule has 1 aromatic carbocycles. The zero-order valence-electron chi connectivity index (χ0n) is 19.2. The molecule has 0 atom stereocenters. The molecule has 0 amide bonds. The standard InChI is InChI=1S/C21H29NO10S/c1-20(2,3)32-19(26)33(27,28)30-12-22-15-9-8-14(10-16(15)29-11-13-6-7-13)17(23)31-21(4,5)18(24)25/h8-10,13,22H,6-7,11-12H2,1-5H3,(H,24,25). The van der Waals surface area contributed by atoms with Crippen LogP contribution in [0.3, 0.4) is 0 Å². The SMILES string of the molecule is CC(C)(C)OC(=O)S(=O)(=O)OCNc1ccc(C(=O)OC(C)(C)C(=O)O)cc1OCC1CC1. The number of nitrogens with one attached hydrogen (secondary N) is 1. The van der Waals surface area contributed by atoms with E-state index in [1.807, 2.05) is 0 Å². The van der Waals surface area contributed by atoms with E-state index in [-0.39, 0.29) is 11.3 Å². The van der Waals surface area contributed by atoms with Gasteiger partial charge in [0, 0.05) is 0 Å². The van der Waals surface area contributed by atoms with E-state index in [9.17, 15) is 22.8 Å². The molecule has 0 saturated heterocycles. The van der Waals surface area contributed by atoms with Crippen LogP contribution in [0.25, 0.3) is 0 Å². The molecule has 1 aliphatic rings. The summed E-state index contributed by atoms with van der Waals surface area (Å²) < 4.78 is 44.2. The van der Waals surface area contributed by atoms with Gasteiger partial charge in [-0.05, 0) is 71.6 Å². The average molecular weight is 488 g/mol. The minimum absolute atomic E-state index is 0.0444. The Labute approximate surface area is 192 Å². The van der Waals surface area contributed by atoms with Crippen LogP contribution in [0.5, 0.6) is 5.75 Å². The van der Waals surface area contributed by atoms with E-state index in [0.717, 1.165) is 12.8 Å². The first-order valence-corrected chi connectivity index (χ1v) is 11.6. The molecular weight excluding hydrogens is 458 g/mol. The number of benzene rings is 1. The van der Waals surface area contributed by atoms with Crippen LogP contribution in [-0.2, 0) is 28.6 Å². The van der Waals surface area contributed by atoms with Gasteiger partial charge < -0.3 is 24.6 Å². The van der Waals surface area contributed by atoms with Gasteiger partial charge in [-0.1, -0.05) is 0 Å². The fourth-order valence-corrected chi connectivity index (χ4v) is 2.94. The molecule has 2 N–H and O–H groups in total. The lowest BCUT2D eigenvalue weighted by atomic mass is 10.1. The van der Waals surface area contributed by atoms with Gasteiger partial charge >= 0.3 is 27.4 Å². The van der Waals surface area contributed by atoms with Crippen molar-refractivity contribution in [3.63, 3.8) is 0 Å².